The summed E-state index contributed by atoms with van der Waals surface area (Å²) in [5.41, 5.74) is -1.61. The highest BCUT2D eigenvalue weighted by atomic mass is 35.5. The van der Waals surface area contributed by atoms with Crippen LogP contribution in [0.1, 0.15) is 20.8 Å². The van der Waals surface area contributed by atoms with E-state index < -0.39 is 5.47 Å². The fourth-order valence-electron chi connectivity index (χ4n) is 0.691. The van der Waals surface area contributed by atoms with Crippen LogP contribution in [0.5, 0.6) is 0 Å². The summed E-state index contributed by atoms with van der Waals surface area (Å²) in [6.07, 6.45) is 0.946. The lowest BCUT2D eigenvalue weighted by Crippen LogP contribution is -1.96. The van der Waals surface area contributed by atoms with Gasteiger partial charge >= 0.3 is 0 Å². The van der Waals surface area contributed by atoms with E-state index in [0.717, 1.165) is 6.16 Å². The fourth-order valence-corrected chi connectivity index (χ4v) is 6.83. The first-order chi connectivity index (χ1) is 5.54. The Kier molecular flexibility index (Phi) is 7.36. The molecule has 0 aromatic heterocycles. The van der Waals surface area contributed by atoms with E-state index in [1.165, 1.54) is 0 Å². The topological polar surface area (TPSA) is 9.23 Å². The van der Waals surface area contributed by atoms with Crippen LogP contribution in [0.25, 0.3) is 0 Å². The van der Waals surface area contributed by atoms with Crippen LogP contribution in [-0.2, 0) is 16.3 Å². The minimum Gasteiger partial charge on any atom is -0.340 e. The highest BCUT2D eigenvalue weighted by molar-refractivity contribution is 8.69. The molecule has 1 nitrogen and oxygen atoms in total. The van der Waals surface area contributed by atoms with Gasteiger partial charge in [0.1, 0.15) is 5.47 Å². The lowest BCUT2D eigenvalue weighted by atomic mass is 10.6. The van der Waals surface area contributed by atoms with Crippen molar-refractivity contribution in [3.05, 3.63) is 0 Å². The molecule has 1 unspecified atom stereocenters. The molecule has 0 bridgehead atoms. The first-order valence-corrected chi connectivity index (χ1v) is 8.94. The summed E-state index contributed by atoms with van der Waals surface area (Å²) in [5, 5.41) is 0.547. The quantitative estimate of drug-likeness (QED) is 0.522. The normalized spacial score (nSPS) is 16.4. The molecule has 12 heavy (non-hydrogen) atoms. The number of halogens is 1. The van der Waals surface area contributed by atoms with E-state index in [4.69, 9.17) is 27.9 Å². The van der Waals surface area contributed by atoms with Crippen LogP contribution >= 0.6 is 28.4 Å². The standard InChI is InChI=1S/C7H16ClOPS2/c1-4-10(11,9-6-5-8)12-7(2)3/h7H,4-6H2,1-3H3. The first-order valence-electron chi connectivity index (χ1n) is 4.02. The van der Waals surface area contributed by atoms with Crippen LogP contribution in [0.15, 0.2) is 0 Å². The van der Waals surface area contributed by atoms with Crippen LogP contribution in [0.2, 0.25) is 0 Å². The van der Waals surface area contributed by atoms with Crippen molar-refractivity contribution >= 4 is 40.3 Å². The zero-order valence-corrected chi connectivity index (χ0v) is 11.0. The lowest BCUT2D eigenvalue weighted by Gasteiger charge is -2.21. The van der Waals surface area contributed by atoms with Gasteiger partial charge in [-0.1, -0.05) is 44.0 Å². The van der Waals surface area contributed by atoms with E-state index >= 15 is 0 Å². The molecule has 0 aliphatic rings. The van der Waals surface area contributed by atoms with Gasteiger partial charge in [-0.15, -0.1) is 11.6 Å². The third kappa shape index (κ3) is 5.82. The second-order valence-corrected chi connectivity index (χ2v) is 11.1. The van der Waals surface area contributed by atoms with E-state index in [1.54, 1.807) is 11.4 Å². The Morgan fingerprint density at radius 3 is 2.50 bits per heavy atom. The molecule has 0 amide bonds. The molecule has 0 fully saturated rings. The van der Waals surface area contributed by atoms with Gasteiger partial charge in [0, 0.05) is 17.3 Å². The largest absolute Gasteiger partial charge is 0.340 e. The van der Waals surface area contributed by atoms with Gasteiger partial charge in [-0.3, -0.25) is 0 Å². The number of hydrogen-bond acceptors (Lipinski definition) is 3. The Bertz CT molecular complexity index is 163. The number of alkyl halides is 1. The molecule has 74 valence electrons. The highest BCUT2D eigenvalue weighted by Crippen LogP contribution is 2.61. The smallest absolute Gasteiger partial charge is 0.119 e. The molecule has 0 aliphatic carbocycles. The van der Waals surface area contributed by atoms with E-state index in [-0.39, 0.29) is 0 Å². The molecule has 0 spiro atoms. The van der Waals surface area contributed by atoms with Crippen molar-refractivity contribution in [3.63, 3.8) is 0 Å². The monoisotopic (exact) mass is 246 g/mol. The van der Waals surface area contributed by atoms with E-state index in [0.29, 0.717) is 17.7 Å². The van der Waals surface area contributed by atoms with Gasteiger partial charge in [-0.05, 0) is 0 Å². The maximum Gasteiger partial charge on any atom is 0.119 e. The third-order valence-corrected chi connectivity index (χ3v) is 8.56. The van der Waals surface area contributed by atoms with Crippen LogP contribution in [-0.4, -0.2) is 23.9 Å². The van der Waals surface area contributed by atoms with Gasteiger partial charge in [0.25, 0.3) is 0 Å². The van der Waals surface area contributed by atoms with E-state index in [1.807, 2.05) is 0 Å². The average Bonchev–Trinajstić information content (AvgIpc) is 2.00. The lowest BCUT2D eigenvalue weighted by molar-refractivity contribution is 0.388. The summed E-state index contributed by atoms with van der Waals surface area (Å²) < 4.78 is 5.60. The Labute approximate surface area is 89.4 Å². The van der Waals surface area contributed by atoms with E-state index in [2.05, 4.69) is 20.8 Å². The summed E-state index contributed by atoms with van der Waals surface area (Å²) in [7, 11) is 0. The fraction of sp³-hybridized carbons (Fsp3) is 1.00. The minimum absolute atomic E-state index is 0.539. The molecule has 5 heteroatoms. The summed E-state index contributed by atoms with van der Waals surface area (Å²) in [4.78, 5) is 0. The molecule has 1 atom stereocenters. The maximum atomic E-state index is 5.60. The Balaban J connectivity index is 3.96. The van der Waals surface area contributed by atoms with Gasteiger partial charge < -0.3 is 4.52 Å². The number of hydrogen-bond donors (Lipinski definition) is 0. The van der Waals surface area contributed by atoms with Gasteiger partial charge in [0.05, 0.1) is 6.61 Å². The summed E-state index contributed by atoms with van der Waals surface area (Å²) in [6.45, 7) is 6.97. The second kappa shape index (κ2) is 6.67. The molecular weight excluding hydrogens is 231 g/mol. The number of rotatable bonds is 6. The molecular formula is C7H16ClOPS2. The SMILES string of the molecule is CCP(=S)(OCCCl)SC(C)C. The van der Waals surface area contributed by atoms with Crippen LogP contribution in [0.4, 0.5) is 0 Å². The summed E-state index contributed by atoms with van der Waals surface area (Å²) >= 11 is 12.8. The van der Waals surface area contributed by atoms with E-state index in [9.17, 15) is 0 Å². The second-order valence-electron chi connectivity index (χ2n) is 2.60. The molecule has 0 saturated heterocycles. The Morgan fingerprint density at radius 1 is 1.58 bits per heavy atom. The van der Waals surface area contributed by atoms with Crippen LogP contribution in [0, 0.1) is 0 Å². The molecule has 0 saturated carbocycles. The van der Waals surface area contributed by atoms with Gasteiger partial charge in [-0.2, -0.15) is 0 Å². The average molecular weight is 247 g/mol. The van der Waals surface area contributed by atoms with Crippen molar-refractivity contribution in [2.24, 2.45) is 0 Å². The third-order valence-electron chi connectivity index (χ3n) is 1.12. The predicted molar refractivity (Wildman–Crippen MR) is 64.2 cm³/mol. The van der Waals surface area contributed by atoms with Gasteiger partial charge in [0.2, 0.25) is 0 Å². The Morgan fingerprint density at radius 2 is 2.17 bits per heavy atom. The minimum atomic E-state index is -1.61. The van der Waals surface area contributed by atoms with Crippen molar-refractivity contribution < 1.29 is 4.52 Å². The van der Waals surface area contributed by atoms with Crippen molar-refractivity contribution in [1.82, 2.24) is 0 Å². The zero-order valence-electron chi connectivity index (χ0n) is 7.75. The van der Waals surface area contributed by atoms with Crippen LogP contribution < -0.4 is 0 Å². The zero-order chi connectivity index (χ0) is 9.61. The van der Waals surface area contributed by atoms with Crippen molar-refractivity contribution in [2.45, 2.75) is 26.0 Å². The summed E-state index contributed by atoms with van der Waals surface area (Å²) in [6, 6.07) is 0. The molecule has 0 aromatic rings. The Hall–Kier alpha value is 1.25. The van der Waals surface area contributed by atoms with Gasteiger partial charge in [0.15, 0.2) is 0 Å². The molecule has 0 rings (SSSR count). The molecule has 0 heterocycles. The molecule has 0 aromatic carbocycles. The highest BCUT2D eigenvalue weighted by Gasteiger charge is 2.17. The van der Waals surface area contributed by atoms with Crippen molar-refractivity contribution in [2.75, 3.05) is 18.6 Å². The maximum absolute atomic E-state index is 5.60. The molecule has 0 radical (unpaired) electrons. The van der Waals surface area contributed by atoms with Crippen LogP contribution in [0.3, 0.4) is 0 Å². The van der Waals surface area contributed by atoms with Gasteiger partial charge in [-0.25, -0.2) is 0 Å². The van der Waals surface area contributed by atoms with Crippen molar-refractivity contribution in [1.29, 1.82) is 0 Å². The molecule has 0 N–H and O–H groups in total. The molecule has 0 aliphatic heterocycles. The van der Waals surface area contributed by atoms with Crippen molar-refractivity contribution in [3.8, 4) is 0 Å². The predicted octanol–water partition coefficient (Wildman–Crippen LogP) is 3.71. The first kappa shape index (κ1) is 13.2. The summed E-state index contributed by atoms with van der Waals surface area (Å²) in [5.74, 6) is 0.539.